The summed E-state index contributed by atoms with van der Waals surface area (Å²) in [5.41, 5.74) is 0.979. The average molecular weight is 292 g/mol. The quantitative estimate of drug-likeness (QED) is 0.870. The van der Waals surface area contributed by atoms with Gasteiger partial charge in [0.1, 0.15) is 11.9 Å². The average Bonchev–Trinajstić information content (AvgIpc) is 2.80. The molecule has 3 atom stereocenters. The first-order chi connectivity index (χ1) is 10.1. The van der Waals surface area contributed by atoms with E-state index in [4.69, 9.17) is 9.47 Å². The summed E-state index contributed by atoms with van der Waals surface area (Å²) in [6.07, 6.45) is 0.670. The molecule has 0 saturated carbocycles. The van der Waals surface area contributed by atoms with E-state index in [-0.39, 0.29) is 24.2 Å². The lowest BCUT2D eigenvalue weighted by Gasteiger charge is -2.32. The van der Waals surface area contributed by atoms with Crippen LogP contribution in [0.1, 0.15) is 32.0 Å². The largest absolute Gasteiger partial charge is 0.496 e. The first kappa shape index (κ1) is 15.8. The van der Waals surface area contributed by atoms with Gasteiger partial charge in [-0.3, -0.25) is 10.1 Å². The van der Waals surface area contributed by atoms with Crippen LogP contribution in [0.4, 0.5) is 0 Å². The molecule has 0 radical (unpaired) electrons. The maximum Gasteiger partial charge on any atom is 0.241 e. The van der Waals surface area contributed by atoms with Gasteiger partial charge in [0, 0.05) is 12.7 Å². The van der Waals surface area contributed by atoms with Gasteiger partial charge in [-0.15, -0.1) is 0 Å². The van der Waals surface area contributed by atoms with Crippen molar-refractivity contribution in [2.75, 3.05) is 20.8 Å². The summed E-state index contributed by atoms with van der Waals surface area (Å²) in [4.78, 5) is 14.4. The molecule has 3 unspecified atom stereocenters. The molecule has 116 valence electrons. The number of benzene rings is 1. The lowest BCUT2D eigenvalue weighted by atomic mass is 10.1. The van der Waals surface area contributed by atoms with Gasteiger partial charge >= 0.3 is 0 Å². The summed E-state index contributed by atoms with van der Waals surface area (Å²) in [7, 11) is 3.31. The van der Waals surface area contributed by atoms with Gasteiger partial charge in [0.05, 0.1) is 25.8 Å². The smallest absolute Gasteiger partial charge is 0.241 e. The number of rotatable bonds is 6. The summed E-state index contributed by atoms with van der Waals surface area (Å²) >= 11 is 0. The molecule has 1 N–H and O–H groups in total. The SMILES string of the molecule is CCC(COC)N1C(=O)C(C)NC1c1ccccc1OC. The van der Waals surface area contributed by atoms with Gasteiger partial charge in [0.2, 0.25) is 5.91 Å². The minimum absolute atomic E-state index is 0.0508. The predicted octanol–water partition coefficient (Wildman–Crippen LogP) is 1.94. The normalized spacial score (nSPS) is 23.4. The molecule has 2 rings (SSSR count). The number of nitrogens with zero attached hydrogens (tertiary/aromatic N) is 1. The van der Waals surface area contributed by atoms with Crippen molar-refractivity contribution < 1.29 is 14.3 Å². The number of carbonyl (C=O) groups is 1. The Morgan fingerprint density at radius 1 is 1.33 bits per heavy atom. The third-order valence-corrected chi connectivity index (χ3v) is 3.97. The highest BCUT2D eigenvalue weighted by Gasteiger charge is 2.41. The number of hydrogen-bond acceptors (Lipinski definition) is 4. The number of methoxy groups -OCH3 is 2. The number of para-hydroxylation sites is 1. The maximum atomic E-state index is 12.5. The van der Waals surface area contributed by atoms with Crippen molar-refractivity contribution in [3.8, 4) is 5.75 Å². The second-order valence-electron chi connectivity index (χ2n) is 5.30. The minimum Gasteiger partial charge on any atom is -0.496 e. The fourth-order valence-electron chi connectivity index (χ4n) is 2.85. The van der Waals surface area contributed by atoms with Gasteiger partial charge in [-0.1, -0.05) is 25.1 Å². The Bertz CT molecular complexity index is 492. The van der Waals surface area contributed by atoms with E-state index in [9.17, 15) is 4.79 Å². The molecule has 1 fully saturated rings. The van der Waals surface area contributed by atoms with E-state index >= 15 is 0 Å². The van der Waals surface area contributed by atoms with Crippen molar-refractivity contribution in [2.24, 2.45) is 0 Å². The Labute approximate surface area is 126 Å². The topological polar surface area (TPSA) is 50.8 Å². The monoisotopic (exact) mass is 292 g/mol. The van der Waals surface area contributed by atoms with Gasteiger partial charge in [0.25, 0.3) is 0 Å². The molecule has 1 aromatic carbocycles. The third-order valence-electron chi connectivity index (χ3n) is 3.97. The van der Waals surface area contributed by atoms with E-state index in [1.807, 2.05) is 36.1 Å². The van der Waals surface area contributed by atoms with Crippen LogP contribution in [0.5, 0.6) is 5.75 Å². The van der Waals surface area contributed by atoms with Gasteiger partial charge in [0.15, 0.2) is 0 Å². The maximum absolute atomic E-state index is 12.5. The molecule has 0 bridgehead atoms. The predicted molar refractivity (Wildman–Crippen MR) is 81.1 cm³/mol. The van der Waals surface area contributed by atoms with Crippen molar-refractivity contribution in [3.05, 3.63) is 29.8 Å². The van der Waals surface area contributed by atoms with E-state index in [0.717, 1.165) is 17.7 Å². The molecule has 0 aliphatic carbocycles. The highest BCUT2D eigenvalue weighted by atomic mass is 16.5. The summed E-state index contributed by atoms with van der Waals surface area (Å²) in [5.74, 6) is 0.893. The molecule has 1 heterocycles. The summed E-state index contributed by atoms with van der Waals surface area (Å²) < 4.78 is 10.7. The molecular weight excluding hydrogens is 268 g/mol. The van der Waals surface area contributed by atoms with Crippen molar-refractivity contribution in [2.45, 2.75) is 38.5 Å². The number of carbonyl (C=O) groups excluding carboxylic acids is 1. The fourth-order valence-corrected chi connectivity index (χ4v) is 2.85. The van der Waals surface area contributed by atoms with Gasteiger partial charge < -0.3 is 14.4 Å². The molecule has 1 aliphatic rings. The van der Waals surface area contributed by atoms with E-state index in [1.165, 1.54) is 0 Å². The number of ether oxygens (including phenoxy) is 2. The second kappa shape index (κ2) is 6.91. The molecule has 0 spiro atoms. The lowest BCUT2D eigenvalue weighted by Crippen LogP contribution is -2.42. The Hall–Kier alpha value is -1.59. The molecule has 0 aromatic heterocycles. The molecule has 21 heavy (non-hydrogen) atoms. The lowest BCUT2D eigenvalue weighted by molar-refractivity contribution is -0.133. The zero-order valence-electron chi connectivity index (χ0n) is 13.1. The summed E-state index contributed by atoms with van der Waals surface area (Å²) in [6.45, 7) is 4.49. The molecule has 1 aliphatic heterocycles. The highest BCUT2D eigenvalue weighted by molar-refractivity contribution is 5.84. The van der Waals surface area contributed by atoms with Crippen molar-refractivity contribution in [1.29, 1.82) is 0 Å². The van der Waals surface area contributed by atoms with Crippen molar-refractivity contribution >= 4 is 5.91 Å². The zero-order chi connectivity index (χ0) is 15.4. The van der Waals surface area contributed by atoms with Crippen LogP contribution in [0.15, 0.2) is 24.3 Å². The number of hydrogen-bond donors (Lipinski definition) is 1. The Kier molecular flexibility index (Phi) is 5.20. The van der Waals surface area contributed by atoms with Crippen LogP contribution in [0.3, 0.4) is 0 Å². The fraction of sp³-hybridized carbons (Fsp3) is 0.562. The van der Waals surface area contributed by atoms with Crippen LogP contribution in [-0.4, -0.2) is 43.7 Å². The van der Waals surface area contributed by atoms with Crippen LogP contribution in [0.2, 0.25) is 0 Å². The molecule has 1 amide bonds. The van der Waals surface area contributed by atoms with E-state index in [1.54, 1.807) is 14.2 Å². The zero-order valence-corrected chi connectivity index (χ0v) is 13.1. The first-order valence-electron chi connectivity index (χ1n) is 7.34. The first-order valence-corrected chi connectivity index (χ1v) is 7.34. The summed E-state index contributed by atoms with van der Waals surface area (Å²) in [5, 5.41) is 3.36. The summed E-state index contributed by atoms with van der Waals surface area (Å²) in [6, 6.07) is 7.65. The molecular formula is C16H24N2O3. The van der Waals surface area contributed by atoms with Crippen LogP contribution < -0.4 is 10.1 Å². The second-order valence-corrected chi connectivity index (χ2v) is 5.30. The van der Waals surface area contributed by atoms with Gasteiger partial charge in [-0.05, 0) is 19.4 Å². The van der Waals surface area contributed by atoms with Crippen molar-refractivity contribution in [3.63, 3.8) is 0 Å². The van der Waals surface area contributed by atoms with Gasteiger partial charge in [-0.25, -0.2) is 0 Å². The van der Waals surface area contributed by atoms with E-state index in [2.05, 4.69) is 12.2 Å². The van der Waals surface area contributed by atoms with Crippen molar-refractivity contribution in [1.82, 2.24) is 10.2 Å². The van der Waals surface area contributed by atoms with Gasteiger partial charge in [-0.2, -0.15) is 0 Å². The molecule has 1 saturated heterocycles. The Balaban J connectivity index is 2.37. The van der Waals surface area contributed by atoms with Crippen LogP contribution in [-0.2, 0) is 9.53 Å². The van der Waals surface area contributed by atoms with E-state index in [0.29, 0.717) is 6.61 Å². The number of amides is 1. The third kappa shape index (κ3) is 3.04. The minimum atomic E-state index is -0.203. The highest BCUT2D eigenvalue weighted by Crippen LogP contribution is 2.33. The van der Waals surface area contributed by atoms with E-state index < -0.39 is 0 Å². The van der Waals surface area contributed by atoms with Crippen LogP contribution in [0.25, 0.3) is 0 Å². The molecule has 5 nitrogen and oxygen atoms in total. The Morgan fingerprint density at radius 2 is 2.05 bits per heavy atom. The molecule has 5 heteroatoms. The molecule has 1 aromatic rings. The Morgan fingerprint density at radius 3 is 2.67 bits per heavy atom. The van der Waals surface area contributed by atoms with Crippen LogP contribution >= 0.6 is 0 Å². The standard InChI is InChI=1S/C16H24N2O3/c1-5-12(10-20-3)18-15(17-11(2)16(18)19)13-8-6-7-9-14(13)21-4/h6-9,11-12,15,17H,5,10H2,1-4H3. The number of nitrogens with one attached hydrogen (secondary N) is 1. The van der Waals surface area contributed by atoms with Crippen LogP contribution in [0, 0.1) is 0 Å².